The van der Waals surface area contributed by atoms with Crippen molar-refractivity contribution >= 4 is 27.6 Å². The number of amides is 3. The zero-order valence-corrected chi connectivity index (χ0v) is 23.0. The van der Waals surface area contributed by atoms with Crippen LogP contribution in [0.15, 0.2) is 0 Å². The van der Waals surface area contributed by atoms with Crippen LogP contribution in [-0.4, -0.2) is 66.7 Å². The van der Waals surface area contributed by atoms with E-state index in [1.807, 2.05) is 20.8 Å². The monoisotopic (exact) mass is 499 g/mol. The summed E-state index contributed by atoms with van der Waals surface area (Å²) in [7, 11) is -3.38. The second-order valence-corrected chi connectivity index (χ2v) is 14.3. The van der Waals surface area contributed by atoms with Crippen LogP contribution >= 0.6 is 0 Å². The highest BCUT2D eigenvalue weighted by atomic mass is 32.2. The van der Waals surface area contributed by atoms with Crippen molar-refractivity contribution in [3.63, 3.8) is 0 Å². The van der Waals surface area contributed by atoms with E-state index in [9.17, 15) is 22.8 Å². The van der Waals surface area contributed by atoms with Crippen LogP contribution in [0.25, 0.3) is 0 Å². The van der Waals surface area contributed by atoms with E-state index in [1.54, 1.807) is 11.8 Å². The SMILES string of the molecule is CC(=O)[C@@H]1C[C@@H](C(C)C)CN1C(=O)[C@@H](NC(=O)NC1([C@H](C)S(C)(=O)=O)CCCCC1)C(C)(C)C. The lowest BCUT2D eigenvalue weighted by Crippen LogP contribution is -2.64. The summed E-state index contributed by atoms with van der Waals surface area (Å²) in [6.07, 6.45) is 5.68. The minimum Gasteiger partial charge on any atom is -0.331 e. The highest BCUT2D eigenvalue weighted by molar-refractivity contribution is 7.91. The van der Waals surface area contributed by atoms with E-state index in [0.29, 0.717) is 31.7 Å². The number of sulfone groups is 1. The molecule has 2 aliphatic rings. The third-order valence-electron chi connectivity index (χ3n) is 7.95. The Bertz CT molecular complexity index is 871. The Kier molecular flexibility index (Phi) is 8.87. The molecule has 1 aliphatic heterocycles. The quantitative estimate of drug-likeness (QED) is 0.558. The number of urea groups is 1. The summed E-state index contributed by atoms with van der Waals surface area (Å²) in [5.41, 5.74) is -1.46. The summed E-state index contributed by atoms with van der Waals surface area (Å²) < 4.78 is 24.8. The maximum Gasteiger partial charge on any atom is 0.315 e. The Morgan fingerprint density at radius 1 is 1.03 bits per heavy atom. The Labute approximate surface area is 205 Å². The highest BCUT2D eigenvalue weighted by Crippen LogP contribution is 2.35. The molecular weight excluding hydrogens is 454 g/mol. The maximum atomic E-state index is 13.7. The molecule has 1 heterocycles. The summed E-state index contributed by atoms with van der Waals surface area (Å²) in [5, 5.41) is 5.12. The summed E-state index contributed by atoms with van der Waals surface area (Å²) >= 11 is 0. The molecule has 0 spiro atoms. The molecule has 0 unspecified atom stereocenters. The fourth-order valence-corrected chi connectivity index (χ4v) is 6.53. The summed E-state index contributed by atoms with van der Waals surface area (Å²) in [6, 6.07) is -1.87. The van der Waals surface area contributed by atoms with Crippen molar-refractivity contribution in [2.24, 2.45) is 17.3 Å². The molecule has 0 aromatic heterocycles. The molecule has 1 saturated carbocycles. The van der Waals surface area contributed by atoms with Gasteiger partial charge in [-0.1, -0.05) is 53.9 Å². The molecule has 2 N–H and O–H groups in total. The lowest BCUT2D eigenvalue weighted by Gasteiger charge is -2.43. The topological polar surface area (TPSA) is 113 Å². The van der Waals surface area contributed by atoms with Gasteiger partial charge in [0, 0.05) is 12.8 Å². The lowest BCUT2D eigenvalue weighted by atomic mass is 9.79. The molecule has 4 atom stereocenters. The summed E-state index contributed by atoms with van der Waals surface area (Å²) in [4.78, 5) is 41.0. The van der Waals surface area contributed by atoms with Crippen LogP contribution in [0.4, 0.5) is 4.79 Å². The summed E-state index contributed by atoms with van der Waals surface area (Å²) in [5.74, 6) is 0.262. The van der Waals surface area contributed by atoms with Gasteiger partial charge in [0.1, 0.15) is 6.04 Å². The lowest BCUT2D eigenvalue weighted by molar-refractivity contribution is -0.140. The molecule has 0 bridgehead atoms. The smallest absolute Gasteiger partial charge is 0.315 e. The molecule has 1 aliphatic carbocycles. The first-order valence-electron chi connectivity index (χ1n) is 12.6. The van der Waals surface area contributed by atoms with Gasteiger partial charge in [-0.15, -0.1) is 0 Å². The first-order chi connectivity index (χ1) is 15.5. The minimum atomic E-state index is -3.38. The van der Waals surface area contributed by atoms with Gasteiger partial charge in [-0.2, -0.15) is 0 Å². The Balaban J connectivity index is 2.28. The van der Waals surface area contributed by atoms with E-state index in [1.165, 1.54) is 13.2 Å². The second kappa shape index (κ2) is 10.5. The van der Waals surface area contributed by atoms with Gasteiger partial charge in [0.15, 0.2) is 15.6 Å². The number of nitrogens with one attached hydrogen (secondary N) is 2. The van der Waals surface area contributed by atoms with Gasteiger partial charge in [-0.3, -0.25) is 9.59 Å². The second-order valence-electron chi connectivity index (χ2n) is 11.9. The van der Waals surface area contributed by atoms with Gasteiger partial charge in [0.05, 0.1) is 16.8 Å². The number of likely N-dealkylation sites (tertiary alicyclic amines) is 1. The fourth-order valence-electron chi connectivity index (χ4n) is 5.41. The zero-order valence-electron chi connectivity index (χ0n) is 22.2. The number of Topliss-reactive ketones (excluding diaryl/α,β-unsaturated/α-hetero) is 1. The predicted octanol–water partition coefficient (Wildman–Crippen LogP) is 3.30. The largest absolute Gasteiger partial charge is 0.331 e. The molecule has 8 nitrogen and oxygen atoms in total. The predicted molar refractivity (Wildman–Crippen MR) is 134 cm³/mol. The zero-order chi connectivity index (χ0) is 26.1. The third-order valence-corrected chi connectivity index (χ3v) is 9.68. The van der Waals surface area contributed by atoms with Crippen LogP contribution in [0.2, 0.25) is 0 Å². The Morgan fingerprint density at radius 3 is 2.03 bits per heavy atom. The van der Waals surface area contributed by atoms with Crippen LogP contribution in [0.1, 0.15) is 87.0 Å². The van der Waals surface area contributed by atoms with E-state index in [2.05, 4.69) is 24.5 Å². The number of carbonyl (C=O) groups is 3. The Morgan fingerprint density at radius 2 is 1.59 bits per heavy atom. The number of rotatable bonds is 7. The van der Waals surface area contributed by atoms with Crippen LogP contribution in [0.5, 0.6) is 0 Å². The number of hydrogen-bond acceptors (Lipinski definition) is 5. The van der Waals surface area contributed by atoms with E-state index < -0.39 is 44.2 Å². The van der Waals surface area contributed by atoms with E-state index in [-0.39, 0.29) is 17.6 Å². The first-order valence-corrected chi connectivity index (χ1v) is 14.5. The number of nitrogens with zero attached hydrogens (tertiary/aromatic N) is 1. The van der Waals surface area contributed by atoms with Crippen LogP contribution in [-0.2, 0) is 19.4 Å². The molecule has 1 saturated heterocycles. The van der Waals surface area contributed by atoms with Crippen LogP contribution in [0, 0.1) is 17.3 Å². The molecule has 2 rings (SSSR count). The van der Waals surface area contributed by atoms with Crippen LogP contribution in [0.3, 0.4) is 0 Å². The number of hydrogen-bond donors (Lipinski definition) is 2. The van der Waals surface area contributed by atoms with Crippen molar-refractivity contribution in [3.05, 3.63) is 0 Å². The molecular formula is C25H45N3O5S. The van der Waals surface area contributed by atoms with Crippen molar-refractivity contribution < 1.29 is 22.8 Å². The first kappa shape index (κ1) is 28.6. The third kappa shape index (κ3) is 6.52. The van der Waals surface area contributed by atoms with Gasteiger partial charge in [0.2, 0.25) is 5.91 Å². The average molecular weight is 500 g/mol. The van der Waals surface area contributed by atoms with Gasteiger partial charge < -0.3 is 15.5 Å². The minimum absolute atomic E-state index is 0.0447. The molecule has 2 fully saturated rings. The van der Waals surface area contributed by atoms with Crippen molar-refractivity contribution in [3.8, 4) is 0 Å². The standard InChI is InChI=1S/C25H45N3O5S/c1-16(2)19-14-20(17(3)29)28(15-19)22(30)21(24(5,6)7)26-23(31)27-25(12-10-9-11-13-25)18(4)34(8,32)33/h16,18-21H,9-15H2,1-8H3,(H2,26,27,31)/t18-,19+,20-,21+/m0/s1. The fraction of sp³-hybridized carbons (Fsp3) is 0.880. The van der Waals surface area contributed by atoms with Crippen molar-refractivity contribution in [2.45, 2.75) is 110 Å². The van der Waals surface area contributed by atoms with E-state index in [4.69, 9.17) is 0 Å². The van der Waals surface area contributed by atoms with Gasteiger partial charge in [0.25, 0.3) is 0 Å². The molecule has 0 aromatic carbocycles. The molecule has 196 valence electrons. The number of carbonyl (C=O) groups excluding carboxylic acids is 3. The highest BCUT2D eigenvalue weighted by Gasteiger charge is 2.47. The van der Waals surface area contributed by atoms with Crippen molar-refractivity contribution in [2.75, 3.05) is 12.8 Å². The average Bonchev–Trinajstić information content (AvgIpc) is 3.16. The van der Waals surface area contributed by atoms with Gasteiger partial charge >= 0.3 is 6.03 Å². The van der Waals surface area contributed by atoms with Crippen LogP contribution < -0.4 is 10.6 Å². The Hall–Kier alpha value is -1.64. The van der Waals surface area contributed by atoms with E-state index in [0.717, 1.165) is 19.3 Å². The maximum absolute atomic E-state index is 13.7. The molecule has 34 heavy (non-hydrogen) atoms. The molecule has 0 radical (unpaired) electrons. The van der Waals surface area contributed by atoms with Crippen molar-refractivity contribution in [1.82, 2.24) is 15.5 Å². The summed E-state index contributed by atoms with van der Waals surface area (Å²) in [6.45, 7) is 13.5. The van der Waals surface area contributed by atoms with Crippen molar-refractivity contribution in [1.29, 1.82) is 0 Å². The molecule has 0 aromatic rings. The molecule has 9 heteroatoms. The molecule has 3 amide bonds. The van der Waals surface area contributed by atoms with E-state index >= 15 is 0 Å². The van der Waals surface area contributed by atoms with Gasteiger partial charge in [-0.05, 0) is 50.4 Å². The normalized spacial score (nSPS) is 25.0. The number of ketones is 1. The van der Waals surface area contributed by atoms with Gasteiger partial charge in [-0.25, -0.2) is 13.2 Å².